The highest BCUT2D eigenvalue weighted by atomic mass is 17.2. The first-order valence-corrected chi connectivity index (χ1v) is 14.0. The normalized spacial score (nSPS) is 10.5. The zero-order chi connectivity index (χ0) is 28.3. The molecule has 8 heteroatoms. The van der Waals surface area contributed by atoms with Crippen molar-refractivity contribution in [3.63, 3.8) is 0 Å². The molecular formula is C31H40O8. The van der Waals surface area contributed by atoms with Gasteiger partial charge in [0.1, 0.15) is 11.3 Å². The van der Waals surface area contributed by atoms with Crippen LogP contribution in [0.1, 0.15) is 122 Å². The Morgan fingerprint density at radius 1 is 0.641 bits per heavy atom. The highest BCUT2D eigenvalue weighted by molar-refractivity contribution is 6.01. The van der Waals surface area contributed by atoms with Gasteiger partial charge in [-0.15, -0.1) is 0 Å². The van der Waals surface area contributed by atoms with Crippen LogP contribution in [0.4, 0.5) is 4.79 Å². The fraction of sp³-hybridized carbons (Fsp3) is 0.484. The summed E-state index contributed by atoms with van der Waals surface area (Å²) in [6.07, 6.45) is 10.5. The van der Waals surface area contributed by atoms with Gasteiger partial charge in [-0.2, -0.15) is 0 Å². The average molecular weight is 541 g/mol. The Morgan fingerprint density at radius 3 is 1.95 bits per heavy atom. The van der Waals surface area contributed by atoms with Crippen LogP contribution in [0.15, 0.2) is 48.5 Å². The molecule has 0 N–H and O–H groups in total. The number of rotatable bonds is 17. The van der Waals surface area contributed by atoms with Crippen molar-refractivity contribution in [1.29, 1.82) is 0 Å². The number of Topliss-reactive ketones (excluding diaryl/α,β-unsaturated/α-hetero) is 1. The molecule has 0 saturated carbocycles. The summed E-state index contributed by atoms with van der Waals surface area (Å²) in [6, 6.07) is 12.1. The van der Waals surface area contributed by atoms with Gasteiger partial charge in [-0.05, 0) is 43.2 Å². The van der Waals surface area contributed by atoms with E-state index >= 15 is 0 Å². The fourth-order valence-electron chi connectivity index (χ4n) is 3.89. The van der Waals surface area contributed by atoms with E-state index in [4.69, 9.17) is 14.4 Å². The summed E-state index contributed by atoms with van der Waals surface area (Å²) in [5.41, 5.74) is 0.218. The monoisotopic (exact) mass is 540 g/mol. The summed E-state index contributed by atoms with van der Waals surface area (Å²) in [5, 5.41) is 0. The van der Waals surface area contributed by atoms with Gasteiger partial charge in [-0.25, -0.2) is 24.2 Å². The summed E-state index contributed by atoms with van der Waals surface area (Å²) in [6.45, 7) is 4.46. The van der Waals surface area contributed by atoms with Crippen molar-refractivity contribution in [2.45, 2.75) is 90.9 Å². The highest BCUT2D eigenvalue weighted by Gasteiger charge is 2.23. The van der Waals surface area contributed by atoms with Crippen LogP contribution < -0.4 is 4.74 Å². The molecule has 2 aromatic rings. The first-order chi connectivity index (χ1) is 19.0. The van der Waals surface area contributed by atoms with Gasteiger partial charge in [0.15, 0.2) is 5.78 Å². The average Bonchev–Trinajstić information content (AvgIpc) is 2.95. The Bertz CT molecular complexity index is 1050. The van der Waals surface area contributed by atoms with Crippen molar-refractivity contribution in [3.05, 3.63) is 65.2 Å². The molecule has 0 aliphatic carbocycles. The van der Waals surface area contributed by atoms with Crippen molar-refractivity contribution in [3.8, 4) is 5.75 Å². The summed E-state index contributed by atoms with van der Waals surface area (Å²) in [4.78, 5) is 59.4. The molecule has 212 valence electrons. The van der Waals surface area contributed by atoms with Crippen LogP contribution in [0.5, 0.6) is 5.75 Å². The van der Waals surface area contributed by atoms with Gasteiger partial charge in [-0.3, -0.25) is 4.79 Å². The second-order valence-corrected chi connectivity index (χ2v) is 9.37. The van der Waals surface area contributed by atoms with Crippen molar-refractivity contribution < 1.29 is 38.4 Å². The lowest BCUT2D eigenvalue weighted by Crippen LogP contribution is -2.17. The molecule has 2 aromatic carbocycles. The molecule has 0 unspecified atom stereocenters. The maximum Gasteiger partial charge on any atom is 0.513 e. The standard InChI is InChI=1S/C31H40O8/c1-3-5-7-9-11-16-22-36-31(35)37-28-21-20-25(27(32)19-15-10-8-6-4-2)23-26(28)30(34)39-38-29(33)24-17-13-12-14-18-24/h12-14,17-18,20-21,23H,3-11,15-16,19,22H2,1-2H3. The minimum absolute atomic E-state index is 0.154. The zero-order valence-corrected chi connectivity index (χ0v) is 23.1. The lowest BCUT2D eigenvalue weighted by atomic mass is 10.0. The van der Waals surface area contributed by atoms with Gasteiger partial charge >= 0.3 is 18.1 Å². The van der Waals surface area contributed by atoms with Gasteiger partial charge in [0.2, 0.25) is 0 Å². The molecule has 0 atom stereocenters. The smallest absolute Gasteiger partial charge is 0.434 e. The number of carbonyl (C=O) groups excluding carboxylic acids is 4. The first kappa shape index (κ1) is 31.5. The third-order valence-electron chi connectivity index (χ3n) is 6.14. The number of carbonyl (C=O) groups is 4. The number of hydrogen-bond acceptors (Lipinski definition) is 8. The number of ether oxygens (including phenoxy) is 2. The van der Waals surface area contributed by atoms with E-state index in [-0.39, 0.29) is 34.8 Å². The first-order valence-electron chi connectivity index (χ1n) is 14.0. The molecular weight excluding hydrogens is 500 g/mol. The quantitative estimate of drug-likeness (QED) is 0.0496. The molecule has 0 aromatic heterocycles. The van der Waals surface area contributed by atoms with Gasteiger partial charge in [0.05, 0.1) is 12.2 Å². The van der Waals surface area contributed by atoms with Gasteiger partial charge in [0.25, 0.3) is 0 Å². The minimum Gasteiger partial charge on any atom is -0.434 e. The molecule has 2 rings (SSSR count). The van der Waals surface area contributed by atoms with E-state index in [2.05, 4.69) is 18.7 Å². The van der Waals surface area contributed by atoms with Gasteiger partial charge < -0.3 is 9.47 Å². The lowest BCUT2D eigenvalue weighted by Gasteiger charge is -2.11. The maximum absolute atomic E-state index is 12.8. The SMILES string of the molecule is CCCCCCCCOC(=O)Oc1ccc(C(=O)CCCCCCC)cc1C(=O)OOC(=O)c1ccccc1. The highest BCUT2D eigenvalue weighted by Crippen LogP contribution is 2.24. The van der Waals surface area contributed by atoms with E-state index in [0.717, 1.165) is 57.8 Å². The fourth-order valence-corrected chi connectivity index (χ4v) is 3.89. The summed E-state index contributed by atoms with van der Waals surface area (Å²) in [7, 11) is 0. The van der Waals surface area contributed by atoms with Crippen LogP contribution in [-0.2, 0) is 14.5 Å². The molecule has 0 aliphatic heterocycles. The third kappa shape index (κ3) is 12.1. The Morgan fingerprint density at radius 2 is 1.26 bits per heavy atom. The molecule has 0 saturated heterocycles. The summed E-state index contributed by atoms with van der Waals surface area (Å²) < 4.78 is 10.4. The minimum atomic E-state index is -1.09. The molecule has 0 amide bonds. The molecule has 0 aliphatic rings. The van der Waals surface area contributed by atoms with E-state index < -0.39 is 18.1 Å². The Labute approximate surface area is 230 Å². The Kier molecular flexibility index (Phi) is 15.0. The molecule has 0 fully saturated rings. The second-order valence-electron chi connectivity index (χ2n) is 9.37. The van der Waals surface area contributed by atoms with Crippen molar-refractivity contribution in [2.75, 3.05) is 6.61 Å². The number of hydrogen-bond donors (Lipinski definition) is 0. The van der Waals surface area contributed by atoms with Gasteiger partial charge in [0, 0.05) is 12.0 Å². The van der Waals surface area contributed by atoms with Crippen molar-refractivity contribution >= 4 is 23.9 Å². The lowest BCUT2D eigenvalue weighted by molar-refractivity contribution is -0.187. The Balaban J connectivity index is 2.04. The molecule has 0 spiro atoms. The predicted octanol–water partition coefficient (Wildman–Crippen LogP) is 8.03. The van der Waals surface area contributed by atoms with Crippen molar-refractivity contribution in [2.24, 2.45) is 0 Å². The third-order valence-corrected chi connectivity index (χ3v) is 6.14. The number of unbranched alkanes of at least 4 members (excludes halogenated alkanes) is 9. The second kappa shape index (κ2) is 18.6. The largest absolute Gasteiger partial charge is 0.513 e. The van der Waals surface area contributed by atoms with Crippen LogP contribution in [0.25, 0.3) is 0 Å². The van der Waals surface area contributed by atoms with Gasteiger partial charge in [-0.1, -0.05) is 89.8 Å². The van der Waals surface area contributed by atoms with Crippen LogP contribution in [0.2, 0.25) is 0 Å². The van der Waals surface area contributed by atoms with E-state index in [9.17, 15) is 19.2 Å². The van der Waals surface area contributed by atoms with E-state index in [1.54, 1.807) is 18.2 Å². The molecule has 39 heavy (non-hydrogen) atoms. The van der Waals surface area contributed by atoms with Crippen molar-refractivity contribution in [1.82, 2.24) is 0 Å². The van der Waals surface area contributed by atoms with Crippen LogP contribution >= 0.6 is 0 Å². The Hall–Kier alpha value is -3.68. The van der Waals surface area contributed by atoms with E-state index in [1.807, 2.05) is 0 Å². The summed E-state index contributed by atoms with van der Waals surface area (Å²) in [5.74, 6) is -2.28. The van der Waals surface area contributed by atoms with Crippen LogP contribution in [0.3, 0.4) is 0 Å². The number of ketones is 1. The number of benzene rings is 2. The summed E-state index contributed by atoms with van der Waals surface area (Å²) >= 11 is 0. The molecule has 0 heterocycles. The maximum atomic E-state index is 12.8. The van der Waals surface area contributed by atoms with E-state index in [0.29, 0.717) is 12.8 Å². The van der Waals surface area contributed by atoms with Crippen LogP contribution in [-0.4, -0.2) is 30.5 Å². The zero-order valence-electron chi connectivity index (χ0n) is 23.1. The molecule has 0 radical (unpaired) electrons. The predicted molar refractivity (Wildman–Crippen MR) is 147 cm³/mol. The van der Waals surface area contributed by atoms with Crippen LogP contribution in [0, 0.1) is 0 Å². The van der Waals surface area contributed by atoms with E-state index in [1.165, 1.54) is 36.8 Å². The molecule has 0 bridgehead atoms. The molecule has 8 nitrogen and oxygen atoms in total. The topological polar surface area (TPSA) is 105 Å².